The highest BCUT2D eigenvalue weighted by molar-refractivity contribution is 8.01. The van der Waals surface area contributed by atoms with E-state index in [2.05, 4.69) is 15.2 Å². The molecule has 1 aromatic carbocycles. The van der Waals surface area contributed by atoms with Gasteiger partial charge in [-0.05, 0) is 6.07 Å². The minimum atomic E-state index is -0.488. The van der Waals surface area contributed by atoms with Gasteiger partial charge in [-0.25, -0.2) is 4.79 Å². The molecule has 0 aliphatic rings. The summed E-state index contributed by atoms with van der Waals surface area (Å²) in [5.74, 6) is -0.488. The SMILES string of the molecule is Nc1cc2oc(=O)[nH]c2cc1Sc1nncs1. The van der Waals surface area contributed by atoms with Crippen LogP contribution in [0.2, 0.25) is 0 Å². The van der Waals surface area contributed by atoms with Gasteiger partial charge in [0.05, 0.1) is 5.52 Å². The monoisotopic (exact) mass is 266 g/mol. The van der Waals surface area contributed by atoms with Gasteiger partial charge in [-0.15, -0.1) is 10.2 Å². The first-order valence-electron chi connectivity index (χ1n) is 4.59. The molecule has 2 aromatic heterocycles. The normalized spacial score (nSPS) is 11.1. The van der Waals surface area contributed by atoms with Crippen molar-refractivity contribution >= 4 is 39.9 Å². The van der Waals surface area contributed by atoms with E-state index in [0.717, 1.165) is 9.24 Å². The van der Waals surface area contributed by atoms with Crippen molar-refractivity contribution in [3.8, 4) is 0 Å². The molecule has 3 N–H and O–H groups in total. The molecular formula is C9H6N4O2S2. The number of aromatic amines is 1. The number of hydrogen-bond donors (Lipinski definition) is 2. The Hall–Kier alpha value is -1.80. The van der Waals surface area contributed by atoms with Crippen molar-refractivity contribution in [2.24, 2.45) is 0 Å². The van der Waals surface area contributed by atoms with Crippen LogP contribution in [-0.4, -0.2) is 15.2 Å². The average Bonchev–Trinajstić information content (AvgIpc) is 2.87. The van der Waals surface area contributed by atoms with Crippen molar-refractivity contribution in [1.82, 2.24) is 15.2 Å². The molecule has 8 heteroatoms. The molecule has 86 valence electrons. The smallest absolute Gasteiger partial charge is 0.408 e. The Bertz CT molecular complexity index is 716. The van der Waals surface area contributed by atoms with Gasteiger partial charge in [0.2, 0.25) is 0 Å². The minimum absolute atomic E-state index is 0.453. The lowest BCUT2D eigenvalue weighted by Gasteiger charge is -2.01. The van der Waals surface area contributed by atoms with E-state index in [1.807, 2.05) is 0 Å². The molecule has 6 nitrogen and oxygen atoms in total. The molecule has 0 fully saturated rings. The van der Waals surface area contributed by atoms with Gasteiger partial charge in [0.1, 0.15) is 5.51 Å². The summed E-state index contributed by atoms with van der Waals surface area (Å²) >= 11 is 2.83. The molecule has 3 rings (SSSR count). The number of aromatic nitrogens is 3. The number of H-pyrrole nitrogens is 1. The summed E-state index contributed by atoms with van der Waals surface area (Å²) in [6, 6.07) is 3.39. The number of nitrogens with zero attached hydrogens (tertiary/aromatic N) is 2. The highest BCUT2D eigenvalue weighted by Crippen LogP contribution is 2.34. The van der Waals surface area contributed by atoms with Crippen LogP contribution in [0.25, 0.3) is 11.1 Å². The van der Waals surface area contributed by atoms with Gasteiger partial charge in [-0.3, -0.25) is 4.98 Å². The third-order valence-electron chi connectivity index (χ3n) is 2.09. The maximum Gasteiger partial charge on any atom is 0.417 e. The lowest BCUT2D eigenvalue weighted by Crippen LogP contribution is -1.93. The summed E-state index contributed by atoms with van der Waals surface area (Å²) in [6.07, 6.45) is 0. The van der Waals surface area contributed by atoms with E-state index in [1.165, 1.54) is 23.1 Å². The zero-order chi connectivity index (χ0) is 11.8. The van der Waals surface area contributed by atoms with Crippen molar-refractivity contribution in [2.45, 2.75) is 9.24 Å². The van der Waals surface area contributed by atoms with E-state index in [-0.39, 0.29) is 0 Å². The van der Waals surface area contributed by atoms with Crippen molar-refractivity contribution in [2.75, 3.05) is 5.73 Å². The van der Waals surface area contributed by atoms with Crippen LogP contribution >= 0.6 is 23.1 Å². The van der Waals surface area contributed by atoms with E-state index >= 15 is 0 Å². The number of nitrogens with two attached hydrogens (primary N) is 1. The lowest BCUT2D eigenvalue weighted by atomic mass is 10.3. The van der Waals surface area contributed by atoms with Crippen LogP contribution in [0.1, 0.15) is 0 Å². The number of anilines is 1. The topological polar surface area (TPSA) is 97.8 Å². The fraction of sp³-hybridized carbons (Fsp3) is 0. The Labute approximate surface area is 103 Å². The molecule has 0 saturated heterocycles. The van der Waals surface area contributed by atoms with Gasteiger partial charge in [-0.1, -0.05) is 23.1 Å². The maximum atomic E-state index is 11.0. The number of nitrogens with one attached hydrogen (secondary N) is 1. The Kier molecular flexibility index (Phi) is 2.37. The van der Waals surface area contributed by atoms with E-state index in [4.69, 9.17) is 10.2 Å². The van der Waals surface area contributed by atoms with Gasteiger partial charge < -0.3 is 10.2 Å². The first-order chi connectivity index (χ1) is 8.22. The zero-order valence-electron chi connectivity index (χ0n) is 8.34. The number of nitrogen functional groups attached to an aromatic ring is 1. The molecule has 0 bridgehead atoms. The molecular weight excluding hydrogens is 260 g/mol. The van der Waals surface area contributed by atoms with Crippen LogP contribution in [-0.2, 0) is 0 Å². The number of fused-ring (bicyclic) bond motifs is 1. The molecule has 17 heavy (non-hydrogen) atoms. The van der Waals surface area contributed by atoms with Crippen molar-refractivity contribution in [1.29, 1.82) is 0 Å². The van der Waals surface area contributed by atoms with Crippen molar-refractivity contribution in [3.05, 3.63) is 28.2 Å². The number of hydrogen-bond acceptors (Lipinski definition) is 7. The fourth-order valence-electron chi connectivity index (χ4n) is 1.38. The molecule has 0 unspecified atom stereocenters. The molecule has 0 atom stereocenters. The third-order valence-corrected chi connectivity index (χ3v) is 3.94. The molecule has 0 radical (unpaired) electrons. The van der Waals surface area contributed by atoms with Crippen molar-refractivity contribution in [3.63, 3.8) is 0 Å². The van der Waals surface area contributed by atoms with E-state index in [9.17, 15) is 4.79 Å². The van der Waals surface area contributed by atoms with Gasteiger partial charge in [0.25, 0.3) is 0 Å². The largest absolute Gasteiger partial charge is 0.417 e. The second-order valence-electron chi connectivity index (χ2n) is 3.21. The van der Waals surface area contributed by atoms with Crippen LogP contribution in [0.5, 0.6) is 0 Å². The van der Waals surface area contributed by atoms with Crippen LogP contribution in [0, 0.1) is 0 Å². The quantitative estimate of drug-likeness (QED) is 0.685. The van der Waals surface area contributed by atoms with Crippen LogP contribution in [0.15, 0.2) is 36.1 Å². The van der Waals surface area contributed by atoms with Gasteiger partial charge >= 0.3 is 5.76 Å². The Morgan fingerprint density at radius 1 is 1.47 bits per heavy atom. The third kappa shape index (κ3) is 1.92. The minimum Gasteiger partial charge on any atom is -0.408 e. The van der Waals surface area contributed by atoms with Crippen LogP contribution in [0.3, 0.4) is 0 Å². The van der Waals surface area contributed by atoms with Crippen molar-refractivity contribution < 1.29 is 4.42 Å². The number of oxazole rings is 1. The highest BCUT2D eigenvalue weighted by Gasteiger charge is 2.09. The van der Waals surface area contributed by atoms with E-state index in [0.29, 0.717) is 16.8 Å². The van der Waals surface area contributed by atoms with Crippen LogP contribution < -0.4 is 11.5 Å². The van der Waals surface area contributed by atoms with E-state index < -0.39 is 5.76 Å². The first kappa shape index (κ1) is 10.4. The second kappa shape index (κ2) is 3.90. The van der Waals surface area contributed by atoms with Crippen LogP contribution in [0.4, 0.5) is 5.69 Å². The summed E-state index contributed by atoms with van der Waals surface area (Å²) in [7, 11) is 0. The Morgan fingerprint density at radius 2 is 2.35 bits per heavy atom. The molecule has 3 aromatic rings. The first-order valence-corrected chi connectivity index (χ1v) is 6.28. The zero-order valence-corrected chi connectivity index (χ0v) is 9.97. The summed E-state index contributed by atoms with van der Waals surface area (Å²) in [6.45, 7) is 0. The Balaban J connectivity index is 2.09. The fourth-order valence-corrected chi connectivity index (χ4v) is 2.88. The average molecular weight is 266 g/mol. The predicted octanol–water partition coefficient (Wildman–Crippen LogP) is 1.71. The summed E-state index contributed by atoms with van der Waals surface area (Å²) in [4.78, 5) is 14.4. The maximum absolute atomic E-state index is 11.0. The summed E-state index contributed by atoms with van der Waals surface area (Å²) in [5.41, 5.74) is 9.14. The number of benzene rings is 1. The van der Waals surface area contributed by atoms with E-state index in [1.54, 1.807) is 17.6 Å². The lowest BCUT2D eigenvalue weighted by molar-refractivity contribution is 0.555. The highest BCUT2D eigenvalue weighted by atomic mass is 32.2. The summed E-state index contributed by atoms with van der Waals surface area (Å²) in [5, 5.41) is 7.66. The molecule has 0 aliphatic carbocycles. The van der Waals surface area contributed by atoms with Gasteiger partial charge in [0, 0.05) is 16.6 Å². The summed E-state index contributed by atoms with van der Waals surface area (Å²) < 4.78 is 5.71. The Morgan fingerprint density at radius 3 is 3.12 bits per heavy atom. The molecule has 0 amide bonds. The predicted molar refractivity (Wildman–Crippen MR) is 65.3 cm³/mol. The molecule has 0 spiro atoms. The second-order valence-corrected chi connectivity index (χ2v) is 5.33. The molecule has 0 saturated carbocycles. The molecule has 2 heterocycles. The van der Waals surface area contributed by atoms with Gasteiger partial charge in [0.15, 0.2) is 9.92 Å². The standard InChI is InChI=1S/C9H6N4O2S2/c10-4-1-6-5(12-8(14)15-6)2-7(4)17-9-13-11-3-16-9/h1-3H,10H2,(H,12,14). The van der Waals surface area contributed by atoms with Gasteiger partial charge in [-0.2, -0.15) is 0 Å². The number of rotatable bonds is 2. The molecule has 0 aliphatic heterocycles.